The molecule has 0 aromatic heterocycles. The minimum Gasteiger partial charge on any atom is -0.497 e. The van der Waals surface area contributed by atoms with Crippen LogP contribution in [0.3, 0.4) is 0 Å². The fourth-order valence-corrected chi connectivity index (χ4v) is 2.90. The molecule has 0 atom stereocenters. The quantitative estimate of drug-likeness (QED) is 0.440. The number of nitrogens with one attached hydrogen (secondary N) is 2. The fourth-order valence-electron chi connectivity index (χ4n) is 2.12. The van der Waals surface area contributed by atoms with Gasteiger partial charge in [0.05, 0.1) is 18.4 Å². The van der Waals surface area contributed by atoms with Crippen molar-refractivity contribution in [2.75, 3.05) is 24.8 Å². The zero-order valence-electron chi connectivity index (χ0n) is 15.5. The molecule has 0 unspecified atom stereocenters. The molecule has 0 saturated heterocycles. The summed E-state index contributed by atoms with van der Waals surface area (Å²) >= 11 is 1.08. The third kappa shape index (κ3) is 7.18. The van der Waals surface area contributed by atoms with E-state index < -0.39 is 30.4 Å². The monoisotopic (exact) mass is 417 g/mol. The van der Waals surface area contributed by atoms with Gasteiger partial charge >= 0.3 is 12.0 Å². The van der Waals surface area contributed by atoms with Crippen LogP contribution in [0.15, 0.2) is 53.4 Å². The number of thioether (sulfide) groups is 1. The number of amides is 4. The first-order chi connectivity index (χ1) is 13.9. The number of anilines is 1. The highest BCUT2D eigenvalue weighted by Gasteiger charge is 2.16. The first-order valence-corrected chi connectivity index (χ1v) is 9.29. The van der Waals surface area contributed by atoms with Gasteiger partial charge in [-0.2, -0.15) is 0 Å². The summed E-state index contributed by atoms with van der Waals surface area (Å²) in [5.74, 6) is -1.47. The maximum Gasteiger partial charge on any atom is 0.339 e. The van der Waals surface area contributed by atoms with Crippen molar-refractivity contribution in [2.45, 2.75) is 4.90 Å². The Morgan fingerprint density at radius 3 is 2.38 bits per heavy atom. The lowest BCUT2D eigenvalue weighted by Crippen LogP contribution is -2.37. The molecule has 0 aliphatic carbocycles. The molecule has 0 heterocycles. The second kappa shape index (κ2) is 10.7. The number of rotatable bonds is 8. The predicted molar refractivity (Wildman–Crippen MR) is 107 cm³/mol. The van der Waals surface area contributed by atoms with E-state index in [4.69, 9.17) is 15.2 Å². The standard InChI is InChI=1S/C19H19N3O6S/c1-27-13-8-6-12(7-9-13)21-19(26)22-17(24)10-28-18(25)14-4-2-3-5-15(14)29-11-16(20)23/h2-9H,10-11H2,1H3,(H2,20,23)(H2,21,22,24,26). The lowest BCUT2D eigenvalue weighted by molar-refractivity contribution is -0.123. The highest BCUT2D eigenvalue weighted by atomic mass is 32.2. The van der Waals surface area contributed by atoms with Crippen molar-refractivity contribution < 1.29 is 28.7 Å². The summed E-state index contributed by atoms with van der Waals surface area (Å²) in [5, 5.41) is 4.52. The number of nitrogens with two attached hydrogens (primary N) is 1. The predicted octanol–water partition coefficient (Wildman–Crippen LogP) is 1.78. The Balaban J connectivity index is 1.84. The molecule has 4 N–H and O–H groups in total. The van der Waals surface area contributed by atoms with Gasteiger partial charge in [0, 0.05) is 10.6 Å². The number of methoxy groups -OCH3 is 1. The van der Waals surface area contributed by atoms with Crippen molar-refractivity contribution in [3.63, 3.8) is 0 Å². The molecule has 152 valence electrons. The summed E-state index contributed by atoms with van der Waals surface area (Å²) in [4.78, 5) is 47.3. The number of carbonyl (C=O) groups is 4. The topological polar surface area (TPSA) is 137 Å². The number of hydrogen-bond acceptors (Lipinski definition) is 7. The van der Waals surface area contributed by atoms with Gasteiger partial charge in [-0.25, -0.2) is 9.59 Å². The van der Waals surface area contributed by atoms with E-state index in [1.807, 2.05) is 0 Å². The highest BCUT2D eigenvalue weighted by Crippen LogP contribution is 2.23. The second-order valence-electron chi connectivity index (χ2n) is 5.56. The molecule has 0 spiro atoms. The van der Waals surface area contributed by atoms with Crippen molar-refractivity contribution in [1.29, 1.82) is 0 Å². The second-order valence-corrected chi connectivity index (χ2v) is 6.58. The van der Waals surface area contributed by atoms with Crippen LogP contribution in [0, 0.1) is 0 Å². The molecule has 0 aliphatic heterocycles. The first kappa shape index (κ1) is 21.8. The lowest BCUT2D eigenvalue weighted by atomic mass is 10.2. The molecule has 0 fully saturated rings. The van der Waals surface area contributed by atoms with Gasteiger partial charge in [0.2, 0.25) is 5.91 Å². The zero-order valence-corrected chi connectivity index (χ0v) is 16.3. The Hall–Kier alpha value is -3.53. The van der Waals surface area contributed by atoms with Gasteiger partial charge in [0.25, 0.3) is 5.91 Å². The van der Waals surface area contributed by atoms with Gasteiger partial charge in [-0.05, 0) is 36.4 Å². The van der Waals surface area contributed by atoms with E-state index in [1.54, 1.807) is 42.5 Å². The van der Waals surface area contributed by atoms with Crippen LogP contribution in [-0.2, 0) is 14.3 Å². The minimum atomic E-state index is -0.799. The molecular weight excluding hydrogens is 398 g/mol. The zero-order chi connectivity index (χ0) is 21.2. The highest BCUT2D eigenvalue weighted by molar-refractivity contribution is 8.00. The maximum atomic E-state index is 12.2. The molecule has 0 bridgehead atoms. The molecule has 0 aliphatic rings. The number of carbonyl (C=O) groups excluding carboxylic acids is 4. The van der Waals surface area contributed by atoms with Crippen LogP contribution in [0.1, 0.15) is 10.4 Å². The molecule has 2 aromatic rings. The summed E-state index contributed by atoms with van der Waals surface area (Å²) in [6.45, 7) is -0.649. The van der Waals surface area contributed by atoms with E-state index in [1.165, 1.54) is 13.2 Å². The van der Waals surface area contributed by atoms with Crippen LogP contribution in [0.2, 0.25) is 0 Å². The van der Waals surface area contributed by atoms with E-state index in [9.17, 15) is 19.2 Å². The van der Waals surface area contributed by atoms with Crippen molar-refractivity contribution >= 4 is 41.3 Å². The normalized spacial score (nSPS) is 9.97. The Labute approximate surface area is 170 Å². The van der Waals surface area contributed by atoms with Crippen LogP contribution in [0.4, 0.5) is 10.5 Å². The fraction of sp³-hybridized carbons (Fsp3) is 0.158. The Morgan fingerprint density at radius 2 is 1.72 bits per heavy atom. The summed E-state index contributed by atoms with van der Waals surface area (Å²) in [6.07, 6.45) is 0. The van der Waals surface area contributed by atoms with E-state index in [0.717, 1.165) is 11.8 Å². The number of ether oxygens (including phenoxy) is 2. The summed E-state index contributed by atoms with van der Waals surface area (Å²) in [6, 6.07) is 12.2. The minimum absolute atomic E-state index is 0.00366. The number of hydrogen-bond donors (Lipinski definition) is 3. The van der Waals surface area contributed by atoms with Gasteiger partial charge in [-0.3, -0.25) is 14.9 Å². The molecule has 2 rings (SSSR count). The Morgan fingerprint density at radius 1 is 1.03 bits per heavy atom. The number of benzene rings is 2. The maximum absolute atomic E-state index is 12.2. The van der Waals surface area contributed by atoms with Crippen LogP contribution in [0.25, 0.3) is 0 Å². The molecular formula is C19H19N3O6S. The van der Waals surface area contributed by atoms with Crippen molar-refractivity contribution in [3.8, 4) is 5.75 Å². The molecule has 2 aromatic carbocycles. The smallest absolute Gasteiger partial charge is 0.339 e. The molecule has 4 amide bonds. The number of primary amides is 1. The van der Waals surface area contributed by atoms with Gasteiger partial charge in [0.1, 0.15) is 5.75 Å². The van der Waals surface area contributed by atoms with E-state index in [0.29, 0.717) is 16.3 Å². The number of urea groups is 1. The summed E-state index contributed by atoms with van der Waals surface area (Å²) < 4.78 is 9.95. The van der Waals surface area contributed by atoms with E-state index in [-0.39, 0.29) is 11.3 Å². The Bertz CT molecular complexity index is 901. The van der Waals surface area contributed by atoms with Crippen LogP contribution < -0.4 is 21.1 Å². The van der Waals surface area contributed by atoms with Gasteiger partial charge in [0.15, 0.2) is 6.61 Å². The van der Waals surface area contributed by atoms with Gasteiger partial charge < -0.3 is 20.5 Å². The lowest BCUT2D eigenvalue weighted by Gasteiger charge is -2.10. The van der Waals surface area contributed by atoms with Gasteiger partial charge in [-0.15, -0.1) is 11.8 Å². The molecule has 9 nitrogen and oxygen atoms in total. The molecule has 10 heteroatoms. The molecule has 29 heavy (non-hydrogen) atoms. The summed E-state index contributed by atoms with van der Waals surface area (Å²) in [7, 11) is 1.52. The van der Waals surface area contributed by atoms with Crippen molar-refractivity contribution in [2.24, 2.45) is 5.73 Å². The third-order valence-corrected chi connectivity index (χ3v) is 4.51. The van der Waals surface area contributed by atoms with Crippen LogP contribution in [0.5, 0.6) is 5.75 Å². The van der Waals surface area contributed by atoms with Crippen molar-refractivity contribution in [1.82, 2.24) is 5.32 Å². The average Bonchev–Trinajstić information content (AvgIpc) is 2.71. The van der Waals surface area contributed by atoms with Crippen LogP contribution >= 0.6 is 11.8 Å². The largest absolute Gasteiger partial charge is 0.497 e. The number of esters is 1. The molecule has 0 saturated carbocycles. The third-order valence-electron chi connectivity index (χ3n) is 3.41. The van der Waals surface area contributed by atoms with E-state index >= 15 is 0 Å². The summed E-state index contributed by atoms with van der Waals surface area (Å²) in [5.41, 5.74) is 5.75. The Kier molecular flexibility index (Phi) is 8.04. The SMILES string of the molecule is COc1ccc(NC(=O)NC(=O)COC(=O)c2ccccc2SCC(N)=O)cc1. The van der Waals surface area contributed by atoms with E-state index in [2.05, 4.69) is 10.6 Å². The van der Waals surface area contributed by atoms with Crippen molar-refractivity contribution in [3.05, 3.63) is 54.1 Å². The molecule has 0 radical (unpaired) electrons. The number of imide groups is 1. The first-order valence-electron chi connectivity index (χ1n) is 8.31. The average molecular weight is 417 g/mol. The van der Waals surface area contributed by atoms with Crippen LogP contribution in [-0.4, -0.2) is 43.3 Å². The van der Waals surface area contributed by atoms with Gasteiger partial charge in [-0.1, -0.05) is 12.1 Å².